The normalized spacial score (nSPS) is 14.4. The second kappa shape index (κ2) is 11.8. The van der Waals surface area contributed by atoms with Gasteiger partial charge in [-0.15, -0.1) is 0 Å². The lowest BCUT2D eigenvalue weighted by molar-refractivity contribution is 0.154. The molecule has 10 heteroatoms. The second-order valence-electron chi connectivity index (χ2n) is 8.72. The molecule has 0 bridgehead atoms. The molecule has 2 heterocycles. The van der Waals surface area contributed by atoms with E-state index in [0.29, 0.717) is 44.0 Å². The van der Waals surface area contributed by atoms with Crippen molar-refractivity contribution in [3.8, 4) is 17.6 Å². The van der Waals surface area contributed by atoms with Crippen LogP contribution >= 0.6 is 23.2 Å². The summed E-state index contributed by atoms with van der Waals surface area (Å²) in [6.07, 6.45) is 2.56. The van der Waals surface area contributed by atoms with E-state index in [-0.39, 0.29) is 0 Å². The van der Waals surface area contributed by atoms with Gasteiger partial charge in [-0.25, -0.2) is 0 Å². The smallest absolute Gasteiger partial charge is 0.168 e. The Hall–Kier alpha value is -2.96. The van der Waals surface area contributed by atoms with Crippen molar-refractivity contribution in [3.05, 3.63) is 46.1 Å². The molecule has 1 aliphatic heterocycles. The minimum absolute atomic E-state index is 0.377. The van der Waals surface area contributed by atoms with Crippen LogP contribution in [0.2, 0.25) is 10.0 Å². The Morgan fingerprint density at radius 2 is 1.83 bits per heavy atom. The van der Waals surface area contributed by atoms with Crippen LogP contribution in [0.15, 0.2) is 30.5 Å². The minimum atomic E-state index is 0.377. The van der Waals surface area contributed by atoms with Gasteiger partial charge in [0.05, 0.1) is 46.9 Å². The number of methoxy groups -OCH3 is 2. The number of hydrogen-bond acceptors (Lipinski definition) is 8. The minimum Gasteiger partial charge on any atom is -0.495 e. The fraction of sp³-hybridized carbons (Fsp3) is 0.385. The number of hydrogen-bond donors (Lipinski definition) is 2. The van der Waals surface area contributed by atoms with Crippen LogP contribution in [0.25, 0.3) is 10.9 Å². The number of nitrogens with one attached hydrogen (secondary N) is 2. The second-order valence-corrected chi connectivity index (χ2v) is 9.53. The first-order valence-corrected chi connectivity index (χ1v) is 12.6. The van der Waals surface area contributed by atoms with Crippen LogP contribution < -0.4 is 20.1 Å². The molecule has 2 aromatic carbocycles. The highest BCUT2D eigenvalue weighted by molar-refractivity contribution is 6.37. The fourth-order valence-electron chi connectivity index (χ4n) is 4.32. The van der Waals surface area contributed by atoms with Gasteiger partial charge in [0.2, 0.25) is 0 Å². The van der Waals surface area contributed by atoms with Crippen molar-refractivity contribution in [2.75, 3.05) is 71.2 Å². The highest BCUT2D eigenvalue weighted by Gasteiger charge is 2.18. The van der Waals surface area contributed by atoms with Gasteiger partial charge in [0, 0.05) is 50.4 Å². The Labute approximate surface area is 221 Å². The molecule has 1 fully saturated rings. The van der Waals surface area contributed by atoms with Gasteiger partial charge in [-0.2, -0.15) is 5.26 Å². The summed E-state index contributed by atoms with van der Waals surface area (Å²) in [4.78, 5) is 9.41. The summed E-state index contributed by atoms with van der Waals surface area (Å²) in [6, 6.07) is 9.39. The Kier molecular flexibility index (Phi) is 8.60. The number of aromatic nitrogens is 1. The van der Waals surface area contributed by atoms with E-state index in [1.807, 2.05) is 12.1 Å². The maximum Gasteiger partial charge on any atom is 0.168 e. The van der Waals surface area contributed by atoms with Gasteiger partial charge in [0.1, 0.15) is 17.3 Å². The molecule has 0 saturated carbocycles. The van der Waals surface area contributed by atoms with E-state index in [4.69, 9.17) is 32.7 Å². The molecule has 0 spiro atoms. The van der Waals surface area contributed by atoms with Crippen LogP contribution in [-0.4, -0.2) is 75.3 Å². The maximum absolute atomic E-state index is 9.76. The summed E-state index contributed by atoms with van der Waals surface area (Å²) < 4.78 is 11.1. The summed E-state index contributed by atoms with van der Waals surface area (Å²) in [7, 11) is 5.32. The zero-order valence-electron chi connectivity index (χ0n) is 20.7. The van der Waals surface area contributed by atoms with E-state index in [9.17, 15) is 5.26 Å². The third-order valence-corrected chi connectivity index (χ3v) is 6.99. The Morgan fingerprint density at radius 3 is 2.53 bits per heavy atom. The monoisotopic (exact) mass is 528 g/mol. The summed E-state index contributed by atoms with van der Waals surface area (Å²) in [5, 5.41) is 18.1. The fourth-order valence-corrected chi connectivity index (χ4v) is 4.83. The van der Waals surface area contributed by atoms with Crippen molar-refractivity contribution in [2.24, 2.45) is 0 Å². The number of anilines is 3. The van der Waals surface area contributed by atoms with Crippen molar-refractivity contribution in [2.45, 2.75) is 6.42 Å². The number of likely N-dealkylation sites (N-methyl/N-ethyl adjacent to an activating group) is 1. The third-order valence-electron chi connectivity index (χ3n) is 6.38. The van der Waals surface area contributed by atoms with Gasteiger partial charge in [-0.3, -0.25) is 4.98 Å². The quantitative estimate of drug-likeness (QED) is 0.365. The molecular weight excluding hydrogens is 499 g/mol. The number of pyridine rings is 1. The zero-order chi connectivity index (χ0) is 25.7. The highest BCUT2D eigenvalue weighted by atomic mass is 35.5. The summed E-state index contributed by atoms with van der Waals surface area (Å²) in [5.74, 6) is 1.10. The molecule has 1 aromatic heterocycles. The van der Waals surface area contributed by atoms with Crippen LogP contribution in [0, 0.1) is 11.3 Å². The van der Waals surface area contributed by atoms with Gasteiger partial charge >= 0.3 is 0 Å². The Morgan fingerprint density at radius 1 is 1.06 bits per heavy atom. The standard InChI is InChI=1S/C26H30Cl2N6O2/c1-33-9-11-34(12-10-33)8-4-7-30-21-6-5-18-24(17(15-29)16-31-25(18)26(21)36-3)32-22-14-23(35-2)20(28)13-19(22)27/h5-6,13-14,16,30H,4,7-12H2,1-3H3,(H,31,32). The summed E-state index contributed by atoms with van der Waals surface area (Å²) in [6.45, 7) is 6.33. The van der Waals surface area contributed by atoms with Gasteiger partial charge < -0.3 is 29.9 Å². The average Bonchev–Trinajstić information content (AvgIpc) is 2.88. The van der Waals surface area contributed by atoms with E-state index < -0.39 is 0 Å². The van der Waals surface area contributed by atoms with Gasteiger partial charge in [-0.05, 0) is 38.2 Å². The number of rotatable bonds is 9. The number of piperazine rings is 1. The largest absolute Gasteiger partial charge is 0.495 e. The zero-order valence-corrected chi connectivity index (χ0v) is 22.2. The van der Waals surface area contributed by atoms with Crippen LogP contribution in [0.3, 0.4) is 0 Å². The van der Waals surface area contributed by atoms with Gasteiger partial charge in [0.25, 0.3) is 0 Å². The highest BCUT2D eigenvalue weighted by Crippen LogP contribution is 2.40. The summed E-state index contributed by atoms with van der Waals surface area (Å²) >= 11 is 12.6. The topological polar surface area (TPSA) is 85.7 Å². The van der Waals surface area contributed by atoms with Crippen molar-refractivity contribution in [1.82, 2.24) is 14.8 Å². The maximum atomic E-state index is 9.76. The van der Waals surface area contributed by atoms with E-state index >= 15 is 0 Å². The van der Waals surface area contributed by atoms with E-state index in [0.717, 1.165) is 56.8 Å². The SMILES string of the molecule is COc1cc(Nc2c(C#N)cnc3c(OC)c(NCCCN4CCN(C)CC4)ccc23)c(Cl)cc1Cl. The van der Waals surface area contributed by atoms with E-state index in [1.54, 1.807) is 19.2 Å². The van der Waals surface area contributed by atoms with Crippen LogP contribution in [0.1, 0.15) is 12.0 Å². The predicted octanol–water partition coefficient (Wildman–Crippen LogP) is 5.22. The molecule has 2 N–H and O–H groups in total. The van der Waals surface area contributed by atoms with Crippen molar-refractivity contribution in [1.29, 1.82) is 5.26 Å². The number of nitrogens with zero attached hydrogens (tertiary/aromatic N) is 4. The molecule has 0 atom stereocenters. The molecule has 1 saturated heterocycles. The van der Waals surface area contributed by atoms with Crippen LogP contribution in [0.4, 0.5) is 17.1 Å². The first kappa shape index (κ1) is 26.1. The van der Waals surface area contributed by atoms with E-state index in [2.05, 4.69) is 38.5 Å². The molecular formula is C26H30Cl2N6O2. The third kappa shape index (κ3) is 5.71. The van der Waals surface area contributed by atoms with Crippen molar-refractivity contribution in [3.63, 3.8) is 0 Å². The lowest BCUT2D eigenvalue weighted by Gasteiger charge is -2.32. The molecule has 0 amide bonds. The summed E-state index contributed by atoms with van der Waals surface area (Å²) in [5.41, 5.74) is 3.01. The van der Waals surface area contributed by atoms with Crippen molar-refractivity contribution < 1.29 is 9.47 Å². The van der Waals surface area contributed by atoms with Gasteiger partial charge in [0.15, 0.2) is 5.75 Å². The number of halogens is 2. The first-order chi connectivity index (χ1) is 17.4. The Bertz CT molecular complexity index is 1270. The van der Waals surface area contributed by atoms with Crippen LogP contribution in [0.5, 0.6) is 11.5 Å². The molecule has 0 aliphatic carbocycles. The predicted molar refractivity (Wildman–Crippen MR) is 146 cm³/mol. The molecule has 0 radical (unpaired) electrons. The molecule has 8 nitrogen and oxygen atoms in total. The van der Waals surface area contributed by atoms with Crippen molar-refractivity contribution >= 4 is 51.2 Å². The molecule has 4 rings (SSSR count). The van der Waals surface area contributed by atoms with Crippen LogP contribution in [-0.2, 0) is 0 Å². The number of benzene rings is 2. The Balaban J connectivity index is 1.57. The number of nitriles is 1. The molecule has 36 heavy (non-hydrogen) atoms. The van der Waals surface area contributed by atoms with Gasteiger partial charge in [-0.1, -0.05) is 23.2 Å². The molecule has 1 aliphatic rings. The molecule has 3 aromatic rings. The number of fused-ring (bicyclic) bond motifs is 1. The number of ether oxygens (including phenoxy) is 2. The average molecular weight is 529 g/mol. The molecule has 190 valence electrons. The first-order valence-electron chi connectivity index (χ1n) is 11.8. The lowest BCUT2D eigenvalue weighted by atomic mass is 10.1. The lowest BCUT2D eigenvalue weighted by Crippen LogP contribution is -2.44. The van der Waals surface area contributed by atoms with E-state index in [1.165, 1.54) is 13.3 Å². The molecule has 0 unspecified atom stereocenters.